The van der Waals surface area contributed by atoms with Crippen LogP contribution in [0.3, 0.4) is 0 Å². The second kappa shape index (κ2) is 3.15. The average Bonchev–Trinajstić information content (AvgIpc) is 2.03. The summed E-state index contributed by atoms with van der Waals surface area (Å²) < 4.78 is 29.8. The second-order valence-electron chi connectivity index (χ2n) is 2.34. The predicted molar refractivity (Wildman–Crippen MR) is 45.8 cm³/mol. The van der Waals surface area contributed by atoms with Crippen molar-refractivity contribution in [3.05, 3.63) is 23.8 Å². The molecule has 0 aliphatic rings. The van der Waals surface area contributed by atoms with E-state index in [1.807, 2.05) is 0 Å². The summed E-state index contributed by atoms with van der Waals surface area (Å²) in [7, 11) is -4.27. The first-order valence-corrected chi connectivity index (χ1v) is 4.70. The number of benzene rings is 1. The molecule has 0 fully saturated rings. The average molecular weight is 201 g/mol. The van der Waals surface area contributed by atoms with E-state index in [1.165, 1.54) is 0 Å². The molecular weight excluding hydrogens is 194 g/mol. The molecular formula is C7H7NO4S. The van der Waals surface area contributed by atoms with Crippen LogP contribution in [0, 0.1) is 5.41 Å². The van der Waals surface area contributed by atoms with Gasteiger partial charge in [0, 0.05) is 11.8 Å². The Morgan fingerprint density at radius 2 is 2.00 bits per heavy atom. The highest BCUT2D eigenvalue weighted by molar-refractivity contribution is 7.85. The zero-order valence-electron chi connectivity index (χ0n) is 6.43. The molecule has 1 rings (SSSR count). The van der Waals surface area contributed by atoms with Crippen molar-refractivity contribution in [2.24, 2.45) is 0 Å². The molecule has 3 N–H and O–H groups in total. The van der Waals surface area contributed by atoms with Crippen LogP contribution in [-0.4, -0.2) is 24.3 Å². The normalized spacial score (nSPS) is 11.2. The van der Waals surface area contributed by atoms with E-state index >= 15 is 0 Å². The van der Waals surface area contributed by atoms with E-state index in [4.69, 9.17) is 15.1 Å². The fourth-order valence-electron chi connectivity index (χ4n) is 0.809. The monoisotopic (exact) mass is 201 g/mol. The summed E-state index contributed by atoms with van der Waals surface area (Å²) in [6, 6.07) is 3.17. The van der Waals surface area contributed by atoms with E-state index in [-0.39, 0.29) is 16.2 Å². The molecule has 0 atom stereocenters. The Morgan fingerprint density at radius 3 is 2.46 bits per heavy atom. The third-order valence-electron chi connectivity index (χ3n) is 1.45. The third-order valence-corrected chi connectivity index (χ3v) is 2.30. The minimum absolute atomic E-state index is 0.0372. The molecule has 0 bridgehead atoms. The zero-order chi connectivity index (χ0) is 10.1. The van der Waals surface area contributed by atoms with Gasteiger partial charge < -0.3 is 10.5 Å². The van der Waals surface area contributed by atoms with Crippen LogP contribution in [-0.2, 0) is 10.1 Å². The van der Waals surface area contributed by atoms with Gasteiger partial charge in [-0.15, -0.1) is 0 Å². The molecule has 1 aromatic rings. The molecule has 0 saturated carbocycles. The van der Waals surface area contributed by atoms with Gasteiger partial charge in [0.25, 0.3) is 10.1 Å². The van der Waals surface area contributed by atoms with Crippen molar-refractivity contribution in [2.75, 3.05) is 0 Å². The summed E-state index contributed by atoms with van der Waals surface area (Å²) in [5.41, 5.74) is 0.0372. The topological polar surface area (TPSA) is 98.5 Å². The van der Waals surface area contributed by atoms with Crippen molar-refractivity contribution in [3.63, 3.8) is 0 Å². The summed E-state index contributed by atoms with van der Waals surface area (Å²) in [6.45, 7) is 0. The lowest BCUT2D eigenvalue weighted by molar-refractivity contribution is 0.472. The number of rotatable bonds is 2. The van der Waals surface area contributed by atoms with Gasteiger partial charge in [-0.05, 0) is 18.2 Å². The van der Waals surface area contributed by atoms with Gasteiger partial charge in [-0.25, -0.2) is 0 Å². The van der Waals surface area contributed by atoms with E-state index in [0.29, 0.717) is 0 Å². The first-order chi connectivity index (χ1) is 5.95. The third kappa shape index (κ3) is 2.04. The van der Waals surface area contributed by atoms with Gasteiger partial charge >= 0.3 is 0 Å². The number of phenolic OH excluding ortho intramolecular Hbond substituents is 1. The standard InChI is InChI=1S/C7H7NO4S/c8-4-5-3-6(13(10,11)12)1-2-7(5)9/h1-4,8-9H,(H,10,11,12). The van der Waals surface area contributed by atoms with Crippen LogP contribution in [0.2, 0.25) is 0 Å². The van der Waals surface area contributed by atoms with E-state index in [1.54, 1.807) is 0 Å². The Hall–Kier alpha value is -1.40. The van der Waals surface area contributed by atoms with Gasteiger partial charge in [-0.2, -0.15) is 8.42 Å². The quantitative estimate of drug-likeness (QED) is 0.483. The van der Waals surface area contributed by atoms with Crippen molar-refractivity contribution in [1.29, 1.82) is 5.41 Å². The van der Waals surface area contributed by atoms with Crippen LogP contribution in [0.25, 0.3) is 0 Å². The first kappa shape index (κ1) is 9.69. The SMILES string of the molecule is N=Cc1cc(S(=O)(=O)O)ccc1O. The largest absolute Gasteiger partial charge is 0.507 e. The lowest BCUT2D eigenvalue weighted by Crippen LogP contribution is -1.98. The summed E-state index contributed by atoms with van der Waals surface area (Å²) >= 11 is 0. The van der Waals surface area contributed by atoms with Crippen LogP contribution in [0.15, 0.2) is 23.1 Å². The van der Waals surface area contributed by atoms with Crippen molar-refractivity contribution < 1.29 is 18.1 Å². The molecule has 13 heavy (non-hydrogen) atoms. The molecule has 6 heteroatoms. The van der Waals surface area contributed by atoms with Gasteiger partial charge in [0.1, 0.15) is 5.75 Å². The van der Waals surface area contributed by atoms with Crippen LogP contribution in [0.4, 0.5) is 0 Å². The maximum Gasteiger partial charge on any atom is 0.294 e. The molecule has 0 aromatic heterocycles. The maximum atomic E-state index is 10.6. The van der Waals surface area contributed by atoms with Gasteiger partial charge in [0.2, 0.25) is 0 Å². The zero-order valence-corrected chi connectivity index (χ0v) is 7.25. The van der Waals surface area contributed by atoms with Crippen molar-refractivity contribution in [1.82, 2.24) is 0 Å². The predicted octanol–water partition coefficient (Wildman–Crippen LogP) is 0.637. The Labute approximate surface area is 74.9 Å². The van der Waals surface area contributed by atoms with Gasteiger partial charge in [-0.3, -0.25) is 4.55 Å². The first-order valence-electron chi connectivity index (χ1n) is 3.26. The van der Waals surface area contributed by atoms with Crippen LogP contribution in [0.5, 0.6) is 5.75 Å². The smallest absolute Gasteiger partial charge is 0.294 e. The van der Waals surface area contributed by atoms with Gasteiger partial charge in [0.05, 0.1) is 4.90 Å². The minimum atomic E-state index is -4.27. The van der Waals surface area contributed by atoms with E-state index in [2.05, 4.69) is 0 Å². The van der Waals surface area contributed by atoms with Gasteiger partial charge in [0.15, 0.2) is 0 Å². The molecule has 0 saturated heterocycles. The lowest BCUT2D eigenvalue weighted by atomic mass is 10.2. The molecule has 1 aromatic carbocycles. The van der Waals surface area contributed by atoms with Gasteiger partial charge in [-0.1, -0.05) is 0 Å². The number of hydrogen-bond acceptors (Lipinski definition) is 4. The summed E-state index contributed by atoms with van der Waals surface area (Å²) in [5, 5.41) is 15.9. The van der Waals surface area contributed by atoms with Crippen LogP contribution >= 0.6 is 0 Å². The Bertz CT molecular complexity index is 438. The molecule has 0 amide bonds. The summed E-state index contributed by atoms with van der Waals surface area (Å²) in [4.78, 5) is -0.344. The molecule has 70 valence electrons. The van der Waals surface area contributed by atoms with Crippen LogP contribution in [0.1, 0.15) is 5.56 Å². The highest BCUT2D eigenvalue weighted by atomic mass is 32.2. The highest BCUT2D eigenvalue weighted by Gasteiger charge is 2.10. The van der Waals surface area contributed by atoms with E-state index < -0.39 is 10.1 Å². The number of hydrogen-bond donors (Lipinski definition) is 3. The number of aromatic hydroxyl groups is 1. The fraction of sp³-hybridized carbons (Fsp3) is 0. The molecule has 0 aliphatic carbocycles. The Morgan fingerprint density at radius 1 is 1.38 bits per heavy atom. The molecule has 5 nitrogen and oxygen atoms in total. The van der Waals surface area contributed by atoms with Crippen molar-refractivity contribution >= 4 is 16.3 Å². The Kier molecular flexibility index (Phi) is 2.35. The van der Waals surface area contributed by atoms with E-state index in [0.717, 1.165) is 24.4 Å². The second-order valence-corrected chi connectivity index (χ2v) is 3.76. The molecule has 0 aliphatic heterocycles. The van der Waals surface area contributed by atoms with Crippen LogP contribution < -0.4 is 0 Å². The van der Waals surface area contributed by atoms with E-state index in [9.17, 15) is 8.42 Å². The number of nitrogens with one attached hydrogen (secondary N) is 1. The highest BCUT2D eigenvalue weighted by Crippen LogP contribution is 2.19. The summed E-state index contributed by atoms with van der Waals surface area (Å²) in [5.74, 6) is -0.206. The Balaban J connectivity index is 3.38. The number of phenols is 1. The van der Waals surface area contributed by atoms with Crippen molar-refractivity contribution in [2.45, 2.75) is 4.90 Å². The molecule has 0 heterocycles. The maximum absolute atomic E-state index is 10.6. The fourth-order valence-corrected chi connectivity index (χ4v) is 1.32. The molecule has 0 spiro atoms. The molecule has 0 radical (unpaired) electrons. The minimum Gasteiger partial charge on any atom is -0.507 e. The lowest BCUT2D eigenvalue weighted by Gasteiger charge is -2.00. The van der Waals surface area contributed by atoms with Crippen molar-refractivity contribution in [3.8, 4) is 5.75 Å². The summed E-state index contributed by atoms with van der Waals surface area (Å²) in [6.07, 6.45) is 0.796. The molecule has 0 unspecified atom stereocenters.